The smallest absolute Gasteiger partial charge is 0.266 e. The van der Waals surface area contributed by atoms with Crippen LogP contribution in [0.15, 0.2) is 60.2 Å². The van der Waals surface area contributed by atoms with Crippen molar-refractivity contribution in [2.75, 3.05) is 23.8 Å². The predicted octanol–water partition coefficient (Wildman–Crippen LogP) is 6.01. The van der Waals surface area contributed by atoms with Gasteiger partial charge in [0.1, 0.15) is 17.5 Å². The maximum atomic E-state index is 13.1. The van der Waals surface area contributed by atoms with Crippen molar-refractivity contribution in [2.45, 2.75) is 20.8 Å². The average molecular weight is 613 g/mol. The molecule has 0 aliphatic carbocycles. The Hall–Kier alpha value is -3.91. The number of anilines is 2. The van der Waals surface area contributed by atoms with Gasteiger partial charge in [-0.3, -0.25) is 9.59 Å². The van der Waals surface area contributed by atoms with E-state index in [9.17, 15) is 19.2 Å². The molecule has 0 atom stereocenters. The molecule has 9 heteroatoms. The molecule has 0 radical (unpaired) electrons. The first-order valence-electron chi connectivity index (χ1n) is 11.3. The number of benzene rings is 3. The van der Waals surface area contributed by atoms with Gasteiger partial charge in [0.05, 0.1) is 10.2 Å². The van der Waals surface area contributed by atoms with Crippen molar-refractivity contribution in [1.82, 2.24) is 0 Å². The number of halogens is 2. The van der Waals surface area contributed by atoms with Crippen LogP contribution in [0.5, 0.6) is 11.5 Å². The summed E-state index contributed by atoms with van der Waals surface area (Å²) >= 11 is 2.04. The molecular formula is C28H25FIN3O4. The van der Waals surface area contributed by atoms with Gasteiger partial charge >= 0.3 is 0 Å². The molecule has 3 aromatic rings. The highest BCUT2D eigenvalue weighted by atomic mass is 127. The standard InChI is InChI=1S/C28H25FIN3O4/c1-4-36-25-14-19(12-20(15-31)28(35)32-22-8-6-21(29)7-9-22)13-23(30)27(25)37-16-26(34)33-24-10-5-17(2)11-18(24)3/h5-14H,4,16H2,1-3H3,(H,32,35)(H,33,34)/b20-12+. The van der Waals surface area contributed by atoms with Crippen LogP contribution in [-0.2, 0) is 9.59 Å². The second kappa shape index (κ2) is 12.9. The molecular weight excluding hydrogens is 588 g/mol. The SMILES string of the molecule is CCOc1cc(/C=C(\C#N)C(=O)Nc2ccc(F)cc2)cc(I)c1OCC(=O)Nc1ccc(C)cc1C. The number of nitrogens with zero attached hydrogens (tertiary/aromatic N) is 1. The Balaban J connectivity index is 1.77. The Kier molecular flexibility index (Phi) is 9.63. The van der Waals surface area contributed by atoms with E-state index in [0.717, 1.165) is 11.1 Å². The van der Waals surface area contributed by atoms with Crippen molar-refractivity contribution in [3.05, 3.63) is 86.2 Å². The molecule has 0 saturated heterocycles. The Morgan fingerprint density at radius 3 is 2.43 bits per heavy atom. The highest BCUT2D eigenvalue weighted by molar-refractivity contribution is 14.1. The molecule has 3 aromatic carbocycles. The number of ether oxygens (including phenoxy) is 2. The van der Waals surface area contributed by atoms with Crippen LogP contribution < -0.4 is 20.1 Å². The summed E-state index contributed by atoms with van der Waals surface area (Å²) < 4.78 is 25.3. The van der Waals surface area contributed by atoms with E-state index in [2.05, 4.69) is 10.6 Å². The highest BCUT2D eigenvalue weighted by Crippen LogP contribution is 2.35. The van der Waals surface area contributed by atoms with Gasteiger partial charge in [-0.15, -0.1) is 0 Å². The fraction of sp³-hybridized carbons (Fsp3) is 0.179. The van der Waals surface area contributed by atoms with E-state index in [1.165, 1.54) is 30.3 Å². The fourth-order valence-electron chi connectivity index (χ4n) is 3.40. The number of hydrogen-bond donors (Lipinski definition) is 2. The zero-order chi connectivity index (χ0) is 26.9. The van der Waals surface area contributed by atoms with Crippen LogP contribution in [0, 0.1) is 34.6 Å². The lowest BCUT2D eigenvalue weighted by Gasteiger charge is -2.15. The third-order valence-electron chi connectivity index (χ3n) is 5.11. The first-order valence-corrected chi connectivity index (χ1v) is 12.4. The molecule has 0 aliphatic heterocycles. The van der Waals surface area contributed by atoms with Crippen molar-refractivity contribution < 1.29 is 23.5 Å². The lowest BCUT2D eigenvalue weighted by atomic mass is 10.1. The third kappa shape index (κ3) is 7.79. The lowest BCUT2D eigenvalue weighted by Crippen LogP contribution is -2.21. The van der Waals surface area contributed by atoms with Gasteiger partial charge in [-0.05, 0) is 103 Å². The zero-order valence-electron chi connectivity index (χ0n) is 20.5. The van der Waals surface area contributed by atoms with Gasteiger partial charge in [-0.25, -0.2) is 4.39 Å². The Labute approximate surface area is 228 Å². The molecule has 0 aliphatic rings. The molecule has 7 nitrogen and oxygen atoms in total. The number of aryl methyl sites for hydroxylation is 2. The normalized spacial score (nSPS) is 10.9. The van der Waals surface area contributed by atoms with E-state index in [0.29, 0.717) is 38.6 Å². The van der Waals surface area contributed by atoms with E-state index in [1.54, 1.807) is 12.1 Å². The number of rotatable bonds is 9. The molecule has 0 fully saturated rings. The van der Waals surface area contributed by atoms with Crippen molar-refractivity contribution >= 4 is 51.9 Å². The first kappa shape index (κ1) is 27.7. The van der Waals surface area contributed by atoms with Crippen LogP contribution in [0.25, 0.3) is 6.08 Å². The van der Waals surface area contributed by atoms with Crippen LogP contribution >= 0.6 is 22.6 Å². The maximum absolute atomic E-state index is 13.1. The van der Waals surface area contributed by atoms with Gasteiger partial charge < -0.3 is 20.1 Å². The van der Waals surface area contributed by atoms with Gasteiger partial charge in [0.25, 0.3) is 11.8 Å². The molecule has 2 amide bonds. The third-order valence-corrected chi connectivity index (χ3v) is 5.91. The molecule has 0 spiro atoms. The molecule has 0 bridgehead atoms. The molecule has 0 heterocycles. The monoisotopic (exact) mass is 613 g/mol. The van der Waals surface area contributed by atoms with Crippen molar-refractivity contribution in [1.29, 1.82) is 5.26 Å². The van der Waals surface area contributed by atoms with Crippen molar-refractivity contribution in [3.63, 3.8) is 0 Å². The van der Waals surface area contributed by atoms with Crippen molar-refractivity contribution in [2.24, 2.45) is 0 Å². The molecule has 190 valence electrons. The van der Waals surface area contributed by atoms with E-state index in [-0.39, 0.29) is 18.1 Å². The summed E-state index contributed by atoms with van der Waals surface area (Å²) in [6, 6.07) is 16.2. The molecule has 2 N–H and O–H groups in total. The minimum absolute atomic E-state index is 0.149. The Morgan fingerprint density at radius 2 is 1.78 bits per heavy atom. The average Bonchev–Trinajstić information content (AvgIpc) is 2.85. The fourth-order valence-corrected chi connectivity index (χ4v) is 4.18. The number of amides is 2. The Morgan fingerprint density at radius 1 is 1.05 bits per heavy atom. The van der Waals surface area contributed by atoms with Crippen molar-refractivity contribution in [3.8, 4) is 17.6 Å². The lowest BCUT2D eigenvalue weighted by molar-refractivity contribution is -0.118. The van der Waals surface area contributed by atoms with E-state index in [1.807, 2.05) is 67.6 Å². The number of carbonyl (C=O) groups excluding carboxylic acids is 2. The van der Waals surface area contributed by atoms with E-state index < -0.39 is 11.7 Å². The molecule has 0 unspecified atom stereocenters. The van der Waals surface area contributed by atoms with E-state index in [4.69, 9.17) is 9.47 Å². The van der Waals surface area contributed by atoms with Gasteiger partial charge in [0.15, 0.2) is 18.1 Å². The van der Waals surface area contributed by atoms with Gasteiger partial charge in [0.2, 0.25) is 0 Å². The minimum Gasteiger partial charge on any atom is -0.490 e. The van der Waals surface area contributed by atoms with Gasteiger partial charge in [0, 0.05) is 11.4 Å². The van der Waals surface area contributed by atoms with Crippen LogP contribution in [0.2, 0.25) is 0 Å². The summed E-state index contributed by atoms with van der Waals surface area (Å²) in [6.45, 7) is 5.81. The number of hydrogen-bond acceptors (Lipinski definition) is 5. The van der Waals surface area contributed by atoms with Gasteiger partial charge in [-0.2, -0.15) is 5.26 Å². The van der Waals surface area contributed by atoms with Crippen LogP contribution in [0.1, 0.15) is 23.6 Å². The minimum atomic E-state index is -0.634. The Bertz CT molecular complexity index is 1380. The van der Waals surface area contributed by atoms with Gasteiger partial charge in [-0.1, -0.05) is 17.7 Å². The number of nitrogens with one attached hydrogen (secondary N) is 2. The van der Waals surface area contributed by atoms with Crippen LogP contribution in [-0.4, -0.2) is 25.0 Å². The topological polar surface area (TPSA) is 100 Å². The number of nitriles is 1. The first-order chi connectivity index (χ1) is 17.7. The summed E-state index contributed by atoms with van der Waals surface area (Å²) in [5.41, 5.74) is 3.51. The summed E-state index contributed by atoms with van der Waals surface area (Å²) in [6.07, 6.45) is 1.42. The summed E-state index contributed by atoms with van der Waals surface area (Å²) in [7, 11) is 0. The molecule has 0 aromatic heterocycles. The summed E-state index contributed by atoms with van der Waals surface area (Å²) in [5.74, 6) is -0.637. The molecule has 0 saturated carbocycles. The van der Waals surface area contributed by atoms with Crippen LogP contribution in [0.4, 0.5) is 15.8 Å². The second-order valence-electron chi connectivity index (χ2n) is 8.05. The predicted molar refractivity (Wildman–Crippen MR) is 149 cm³/mol. The molecule has 37 heavy (non-hydrogen) atoms. The summed E-state index contributed by atoms with van der Waals surface area (Å²) in [5, 5.41) is 14.9. The largest absolute Gasteiger partial charge is 0.490 e. The highest BCUT2D eigenvalue weighted by Gasteiger charge is 2.16. The maximum Gasteiger partial charge on any atom is 0.266 e. The van der Waals surface area contributed by atoms with Crippen LogP contribution in [0.3, 0.4) is 0 Å². The second-order valence-corrected chi connectivity index (χ2v) is 9.21. The summed E-state index contributed by atoms with van der Waals surface area (Å²) in [4.78, 5) is 25.1. The van der Waals surface area contributed by atoms with E-state index >= 15 is 0 Å². The quantitative estimate of drug-likeness (QED) is 0.175. The zero-order valence-corrected chi connectivity index (χ0v) is 22.7. The number of carbonyl (C=O) groups is 2. The molecule has 3 rings (SSSR count).